The lowest BCUT2D eigenvalue weighted by molar-refractivity contribution is -0.137. The molecule has 0 atom stereocenters. The molecule has 2 fully saturated rings. The number of piperazine rings is 1. The van der Waals surface area contributed by atoms with Crippen LogP contribution in [0.1, 0.15) is 51.9 Å². The number of benzene rings is 2. The highest BCUT2D eigenvalue weighted by atomic mass is 35.5. The largest absolute Gasteiger partial charge is 0.404 e. The summed E-state index contributed by atoms with van der Waals surface area (Å²) in [6.07, 6.45) is 4.53. The number of aromatic nitrogens is 2. The Balaban J connectivity index is 1.24. The molecular formula is C36H44ClFN8O4. The van der Waals surface area contributed by atoms with Gasteiger partial charge in [-0.1, -0.05) is 23.7 Å². The number of nitrogens with zero attached hydrogens (tertiary/aromatic N) is 5. The molecule has 2 aliphatic rings. The summed E-state index contributed by atoms with van der Waals surface area (Å²) in [6, 6.07) is 8.12. The molecule has 0 spiro atoms. The lowest BCUT2D eigenvalue weighted by atomic mass is 9.95. The van der Waals surface area contributed by atoms with Crippen LogP contribution in [0, 0.1) is 18.7 Å². The van der Waals surface area contributed by atoms with E-state index in [1.54, 1.807) is 61.7 Å². The molecule has 0 aliphatic carbocycles. The Morgan fingerprint density at radius 1 is 1.12 bits per heavy atom. The minimum atomic E-state index is -0.505. The van der Waals surface area contributed by atoms with E-state index in [1.807, 2.05) is 4.90 Å². The number of ether oxygens (including phenoxy) is 1. The minimum Gasteiger partial charge on any atom is -0.404 e. The van der Waals surface area contributed by atoms with Crippen molar-refractivity contribution in [3.63, 3.8) is 0 Å². The number of carbonyl (C=O) groups excluding carboxylic acids is 3. The highest BCUT2D eigenvalue weighted by Gasteiger charge is 2.30. The summed E-state index contributed by atoms with van der Waals surface area (Å²) in [5, 5.41) is 6.27. The Hall–Kier alpha value is -4.59. The number of hydrogen-bond acceptors (Lipinski definition) is 8. The van der Waals surface area contributed by atoms with Gasteiger partial charge in [-0.3, -0.25) is 19.4 Å². The number of amides is 3. The Kier molecular flexibility index (Phi) is 12.0. The van der Waals surface area contributed by atoms with Crippen molar-refractivity contribution >= 4 is 46.3 Å². The van der Waals surface area contributed by atoms with Gasteiger partial charge in [0, 0.05) is 80.6 Å². The zero-order chi connectivity index (χ0) is 35.9. The first kappa shape index (κ1) is 36.7. The number of nitrogens with two attached hydrogens (primary N) is 1. The normalized spacial score (nSPS) is 16.1. The third-order valence-electron chi connectivity index (χ3n) is 9.37. The number of aliphatic imine (C=N–C) groups is 1. The van der Waals surface area contributed by atoms with Crippen LogP contribution in [-0.2, 0) is 16.6 Å². The maximum absolute atomic E-state index is 15.7. The Morgan fingerprint density at radius 3 is 2.46 bits per heavy atom. The molecule has 14 heteroatoms. The van der Waals surface area contributed by atoms with E-state index in [9.17, 15) is 14.4 Å². The van der Waals surface area contributed by atoms with Crippen LogP contribution < -0.4 is 16.4 Å². The van der Waals surface area contributed by atoms with Crippen LogP contribution in [0.3, 0.4) is 0 Å². The average Bonchev–Trinajstić information content (AvgIpc) is 3.51. The van der Waals surface area contributed by atoms with Crippen molar-refractivity contribution in [1.82, 2.24) is 24.7 Å². The van der Waals surface area contributed by atoms with Crippen LogP contribution in [-0.4, -0.2) is 102 Å². The Morgan fingerprint density at radius 2 is 1.80 bits per heavy atom. The molecule has 2 aromatic carbocycles. The van der Waals surface area contributed by atoms with E-state index in [0.29, 0.717) is 84.3 Å². The van der Waals surface area contributed by atoms with Gasteiger partial charge in [0.1, 0.15) is 5.82 Å². The molecule has 0 radical (unpaired) electrons. The summed E-state index contributed by atoms with van der Waals surface area (Å²) >= 11 is 6.55. The van der Waals surface area contributed by atoms with Gasteiger partial charge in [-0.05, 0) is 63.5 Å². The van der Waals surface area contributed by atoms with Gasteiger partial charge in [0.05, 0.1) is 35.6 Å². The van der Waals surface area contributed by atoms with E-state index in [4.69, 9.17) is 22.1 Å². The van der Waals surface area contributed by atoms with E-state index in [-0.39, 0.29) is 28.6 Å². The van der Waals surface area contributed by atoms with Gasteiger partial charge in [-0.2, -0.15) is 0 Å². The first-order chi connectivity index (χ1) is 24.0. The van der Waals surface area contributed by atoms with E-state index in [0.717, 1.165) is 25.9 Å². The highest BCUT2D eigenvalue weighted by Crippen LogP contribution is 2.31. The number of methoxy groups -OCH3 is 1. The van der Waals surface area contributed by atoms with Crippen molar-refractivity contribution in [2.24, 2.45) is 23.7 Å². The van der Waals surface area contributed by atoms with Gasteiger partial charge in [0.25, 0.3) is 11.8 Å². The zero-order valence-corrected chi connectivity index (χ0v) is 29.6. The number of halogens is 2. The van der Waals surface area contributed by atoms with Crippen LogP contribution in [0.2, 0.25) is 5.02 Å². The van der Waals surface area contributed by atoms with Crippen molar-refractivity contribution < 1.29 is 23.5 Å². The molecular weight excluding hydrogens is 663 g/mol. The van der Waals surface area contributed by atoms with Gasteiger partial charge in [0.15, 0.2) is 5.82 Å². The summed E-state index contributed by atoms with van der Waals surface area (Å²) in [4.78, 5) is 51.8. The van der Waals surface area contributed by atoms with Gasteiger partial charge in [0.2, 0.25) is 5.91 Å². The SMILES string of the molecule is COCCN=C(C)/C(=C\N)c1ccc(-c2cnc(C(=O)Nc3ccc(C(=O)N4CCN(C(=O)C5CCNCC5)CC4)c(Cl)c3)n2C)c(C)c1F. The highest BCUT2D eigenvalue weighted by molar-refractivity contribution is 6.34. The van der Waals surface area contributed by atoms with Crippen LogP contribution >= 0.6 is 11.6 Å². The summed E-state index contributed by atoms with van der Waals surface area (Å²) in [5.74, 6) is -0.881. The van der Waals surface area contributed by atoms with E-state index in [2.05, 4.69) is 20.6 Å². The minimum absolute atomic E-state index is 0.0427. The lowest BCUT2D eigenvalue weighted by Crippen LogP contribution is -2.52. The number of piperidine rings is 1. The number of anilines is 1. The Bertz CT molecular complexity index is 1810. The fraction of sp³-hybridized carbons (Fsp3) is 0.417. The van der Waals surface area contributed by atoms with Crippen LogP contribution in [0.5, 0.6) is 0 Å². The number of carbonyl (C=O) groups is 3. The van der Waals surface area contributed by atoms with Crippen LogP contribution in [0.15, 0.2) is 47.7 Å². The number of allylic oxidation sites excluding steroid dienone is 1. The molecule has 2 aliphatic heterocycles. The third-order valence-corrected chi connectivity index (χ3v) is 9.68. The molecule has 3 amide bonds. The topological polar surface area (TPSA) is 147 Å². The summed E-state index contributed by atoms with van der Waals surface area (Å²) in [5.41, 5.74) is 9.41. The van der Waals surface area contributed by atoms with Crippen LogP contribution in [0.4, 0.5) is 10.1 Å². The molecule has 4 N–H and O–H groups in total. The molecule has 0 saturated carbocycles. The smallest absolute Gasteiger partial charge is 0.291 e. The predicted molar refractivity (Wildman–Crippen MR) is 193 cm³/mol. The molecule has 2 saturated heterocycles. The molecule has 0 unspecified atom stereocenters. The van der Waals surface area contributed by atoms with Gasteiger partial charge in [-0.25, -0.2) is 9.37 Å². The summed E-state index contributed by atoms with van der Waals surface area (Å²) < 4.78 is 22.4. The fourth-order valence-electron chi connectivity index (χ4n) is 6.42. The van der Waals surface area contributed by atoms with Crippen molar-refractivity contribution in [2.45, 2.75) is 26.7 Å². The van der Waals surface area contributed by atoms with Crippen molar-refractivity contribution in [2.75, 3.05) is 64.8 Å². The quantitative estimate of drug-likeness (QED) is 0.212. The molecule has 50 heavy (non-hydrogen) atoms. The summed E-state index contributed by atoms with van der Waals surface area (Å²) in [7, 11) is 3.26. The average molecular weight is 707 g/mol. The third kappa shape index (κ3) is 7.90. The number of rotatable bonds is 10. The summed E-state index contributed by atoms with van der Waals surface area (Å²) in [6.45, 7) is 7.80. The molecule has 1 aromatic heterocycles. The van der Waals surface area contributed by atoms with E-state index < -0.39 is 11.7 Å². The number of hydrogen-bond donors (Lipinski definition) is 3. The fourth-order valence-corrected chi connectivity index (χ4v) is 6.68. The maximum Gasteiger partial charge on any atom is 0.291 e. The second-order valence-electron chi connectivity index (χ2n) is 12.5. The van der Waals surface area contributed by atoms with E-state index >= 15 is 4.39 Å². The molecule has 5 rings (SSSR count). The van der Waals surface area contributed by atoms with Gasteiger partial charge < -0.3 is 35.5 Å². The molecule has 12 nitrogen and oxygen atoms in total. The zero-order valence-electron chi connectivity index (χ0n) is 28.9. The standard InChI is InChI=1S/C36H44ClFN8O4/c1-22-26(7-8-27(32(22)38)29(20-39)23(2)41-13-18-50-4)31-21-42-33(44(31)3)34(47)43-25-5-6-28(30(37)19-25)36(49)46-16-14-45(15-17-46)35(48)24-9-11-40-12-10-24/h5-8,19-21,24,40H,9-18,39H2,1-4H3,(H,43,47)/b29-20+,41-23?. The van der Waals surface area contributed by atoms with Crippen molar-refractivity contribution in [3.05, 3.63) is 76.1 Å². The van der Waals surface area contributed by atoms with Crippen molar-refractivity contribution in [1.29, 1.82) is 0 Å². The maximum atomic E-state index is 15.7. The van der Waals surface area contributed by atoms with Crippen molar-refractivity contribution in [3.8, 4) is 11.3 Å². The number of imidazole rings is 1. The van der Waals surface area contributed by atoms with E-state index in [1.165, 1.54) is 18.5 Å². The predicted octanol–water partition coefficient (Wildman–Crippen LogP) is 4.13. The molecule has 0 bridgehead atoms. The van der Waals surface area contributed by atoms with Gasteiger partial charge in [-0.15, -0.1) is 0 Å². The lowest BCUT2D eigenvalue weighted by Gasteiger charge is -2.37. The first-order valence-corrected chi connectivity index (χ1v) is 17.1. The van der Waals surface area contributed by atoms with Crippen LogP contribution in [0.25, 0.3) is 16.8 Å². The molecule has 266 valence electrons. The Labute approximate surface area is 296 Å². The monoisotopic (exact) mass is 706 g/mol. The first-order valence-electron chi connectivity index (χ1n) is 16.7. The molecule has 3 aromatic rings. The second kappa shape index (κ2) is 16.4. The van der Waals surface area contributed by atoms with Gasteiger partial charge >= 0.3 is 0 Å². The second-order valence-corrected chi connectivity index (χ2v) is 12.9. The number of nitrogens with one attached hydrogen (secondary N) is 2. The molecule has 3 heterocycles.